The van der Waals surface area contributed by atoms with E-state index in [-0.39, 0.29) is 11.5 Å². The zero-order valence-corrected chi connectivity index (χ0v) is 10.2. The maximum absolute atomic E-state index is 13.1. The molecule has 0 atom stereocenters. The Kier molecular flexibility index (Phi) is 5.65. The van der Waals surface area contributed by atoms with Crippen LogP contribution in [0.5, 0.6) is 0 Å². The molecular weight excluding hydrogens is 235 g/mol. The minimum atomic E-state index is -0.457. The van der Waals surface area contributed by atoms with Crippen molar-refractivity contribution in [1.82, 2.24) is 0 Å². The molecule has 0 amide bonds. The fraction of sp³-hybridized carbons (Fsp3) is 0.385. The number of nitrogens with one attached hydrogen (secondary N) is 1. The van der Waals surface area contributed by atoms with E-state index < -0.39 is 5.82 Å². The number of nitriles is 1. The van der Waals surface area contributed by atoms with Gasteiger partial charge in [-0.3, -0.25) is 4.79 Å². The number of ether oxygens (including phenoxy) is 1. The van der Waals surface area contributed by atoms with Gasteiger partial charge in [-0.05, 0) is 31.5 Å². The molecule has 0 aliphatic carbocycles. The molecule has 96 valence electrons. The Morgan fingerprint density at radius 1 is 1.50 bits per heavy atom. The highest BCUT2D eigenvalue weighted by Gasteiger charge is 2.02. The number of rotatable bonds is 6. The molecule has 1 aromatic rings. The molecule has 0 saturated carbocycles. The minimum Gasteiger partial charge on any atom is -0.466 e. The molecule has 0 fully saturated rings. The topological polar surface area (TPSA) is 62.1 Å². The number of esters is 1. The van der Waals surface area contributed by atoms with Gasteiger partial charge in [-0.15, -0.1) is 0 Å². The molecule has 0 radical (unpaired) electrons. The average Bonchev–Trinajstić information content (AvgIpc) is 2.34. The molecule has 18 heavy (non-hydrogen) atoms. The number of hydrogen-bond acceptors (Lipinski definition) is 4. The summed E-state index contributed by atoms with van der Waals surface area (Å²) in [6.07, 6.45) is 0.915. The molecule has 1 rings (SSSR count). The number of nitrogens with zero attached hydrogens (tertiary/aromatic N) is 1. The van der Waals surface area contributed by atoms with Crippen LogP contribution in [0, 0.1) is 17.1 Å². The lowest BCUT2D eigenvalue weighted by Gasteiger charge is -2.06. The molecule has 5 heteroatoms. The third kappa shape index (κ3) is 4.83. The first-order valence-electron chi connectivity index (χ1n) is 5.76. The van der Waals surface area contributed by atoms with Crippen LogP contribution < -0.4 is 5.32 Å². The van der Waals surface area contributed by atoms with E-state index in [0.717, 1.165) is 0 Å². The molecule has 0 aromatic heterocycles. The Balaban J connectivity index is 2.38. The number of halogens is 1. The van der Waals surface area contributed by atoms with E-state index in [1.807, 2.05) is 6.07 Å². The van der Waals surface area contributed by atoms with E-state index in [1.54, 1.807) is 13.0 Å². The third-order valence-electron chi connectivity index (χ3n) is 2.22. The Hall–Kier alpha value is -2.09. The molecule has 0 saturated heterocycles. The van der Waals surface area contributed by atoms with Crippen molar-refractivity contribution in [3.63, 3.8) is 0 Å². The smallest absolute Gasteiger partial charge is 0.305 e. The van der Waals surface area contributed by atoms with Crippen LogP contribution in [0.4, 0.5) is 10.1 Å². The highest BCUT2D eigenvalue weighted by molar-refractivity contribution is 5.69. The summed E-state index contributed by atoms with van der Waals surface area (Å²) in [6, 6.07) is 5.92. The summed E-state index contributed by atoms with van der Waals surface area (Å²) in [5.41, 5.74) is 0.804. The highest BCUT2D eigenvalue weighted by Crippen LogP contribution is 2.13. The van der Waals surface area contributed by atoms with Crippen LogP contribution in [0.2, 0.25) is 0 Å². The summed E-state index contributed by atoms with van der Waals surface area (Å²) in [5.74, 6) is -0.696. The van der Waals surface area contributed by atoms with Gasteiger partial charge >= 0.3 is 5.97 Å². The van der Waals surface area contributed by atoms with Crippen LogP contribution in [0.1, 0.15) is 25.3 Å². The number of anilines is 1. The third-order valence-corrected chi connectivity index (χ3v) is 2.22. The van der Waals surface area contributed by atoms with Crippen LogP contribution >= 0.6 is 0 Å². The van der Waals surface area contributed by atoms with Crippen LogP contribution in [0.15, 0.2) is 18.2 Å². The fourth-order valence-corrected chi connectivity index (χ4v) is 1.45. The Morgan fingerprint density at radius 3 is 2.94 bits per heavy atom. The maximum atomic E-state index is 13.1. The molecule has 0 unspecified atom stereocenters. The quantitative estimate of drug-likeness (QED) is 0.622. The van der Waals surface area contributed by atoms with Crippen molar-refractivity contribution in [2.24, 2.45) is 0 Å². The number of benzene rings is 1. The van der Waals surface area contributed by atoms with Crippen molar-refractivity contribution < 1.29 is 13.9 Å². The Bertz CT molecular complexity index is 455. The zero-order chi connectivity index (χ0) is 13.4. The van der Waals surface area contributed by atoms with Crippen molar-refractivity contribution in [3.05, 3.63) is 29.6 Å². The van der Waals surface area contributed by atoms with Crippen molar-refractivity contribution >= 4 is 11.7 Å². The van der Waals surface area contributed by atoms with Crippen LogP contribution in [-0.4, -0.2) is 19.1 Å². The molecule has 0 heterocycles. The van der Waals surface area contributed by atoms with E-state index in [0.29, 0.717) is 31.7 Å². The van der Waals surface area contributed by atoms with E-state index in [9.17, 15) is 9.18 Å². The Morgan fingerprint density at radius 2 is 2.28 bits per heavy atom. The SMILES string of the molecule is CCOC(=O)CCCNc1cc(F)cc(C#N)c1. The van der Waals surface area contributed by atoms with Crippen LogP contribution in [0.3, 0.4) is 0 Å². The molecule has 0 aliphatic heterocycles. The van der Waals surface area contributed by atoms with Crippen molar-refractivity contribution in [2.45, 2.75) is 19.8 Å². The first-order chi connectivity index (χ1) is 8.65. The van der Waals surface area contributed by atoms with Gasteiger partial charge in [-0.25, -0.2) is 4.39 Å². The van der Waals surface area contributed by atoms with E-state index in [4.69, 9.17) is 10.00 Å². The summed E-state index contributed by atoms with van der Waals surface area (Å²) >= 11 is 0. The summed E-state index contributed by atoms with van der Waals surface area (Å²) < 4.78 is 17.9. The maximum Gasteiger partial charge on any atom is 0.305 e. The second-order valence-electron chi connectivity index (χ2n) is 3.68. The summed E-state index contributed by atoms with van der Waals surface area (Å²) in [5, 5.41) is 11.6. The second-order valence-corrected chi connectivity index (χ2v) is 3.68. The van der Waals surface area contributed by atoms with Gasteiger partial charge in [0.25, 0.3) is 0 Å². The predicted molar refractivity (Wildman–Crippen MR) is 65.5 cm³/mol. The van der Waals surface area contributed by atoms with Gasteiger partial charge in [0.05, 0.1) is 18.2 Å². The lowest BCUT2D eigenvalue weighted by molar-refractivity contribution is -0.143. The van der Waals surface area contributed by atoms with Crippen molar-refractivity contribution in [1.29, 1.82) is 5.26 Å². The largest absolute Gasteiger partial charge is 0.466 e. The van der Waals surface area contributed by atoms with E-state index >= 15 is 0 Å². The fourth-order valence-electron chi connectivity index (χ4n) is 1.45. The van der Waals surface area contributed by atoms with Gasteiger partial charge in [-0.1, -0.05) is 0 Å². The number of carbonyl (C=O) groups is 1. The number of carbonyl (C=O) groups excluding carboxylic acids is 1. The first kappa shape index (κ1) is 14.0. The first-order valence-corrected chi connectivity index (χ1v) is 5.76. The monoisotopic (exact) mass is 250 g/mol. The van der Waals surface area contributed by atoms with Gasteiger partial charge in [0.15, 0.2) is 0 Å². The highest BCUT2D eigenvalue weighted by atomic mass is 19.1. The van der Waals surface area contributed by atoms with Gasteiger partial charge in [0.2, 0.25) is 0 Å². The molecule has 4 nitrogen and oxygen atoms in total. The van der Waals surface area contributed by atoms with Gasteiger partial charge in [-0.2, -0.15) is 5.26 Å². The predicted octanol–water partition coefficient (Wildman–Crippen LogP) is 2.45. The second kappa shape index (κ2) is 7.28. The molecule has 0 aliphatic rings. The summed E-state index contributed by atoms with van der Waals surface area (Å²) in [7, 11) is 0. The lowest BCUT2D eigenvalue weighted by atomic mass is 10.2. The van der Waals surface area contributed by atoms with Gasteiger partial charge in [0.1, 0.15) is 5.82 Å². The van der Waals surface area contributed by atoms with Crippen molar-refractivity contribution in [2.75, 3.05) is 18.5 Å². The average molecular weight is 250 g/mol. The van der Waals surface area contributed by atoms with E-state index in [1.165, 1.54) is 12.1 Å². The molecule has 1 N–H and O–H groups in total. The zero-order valence-electron chi connectivity index (χ0n) is 10.2. The Labute approximate surface area is 105 Å². The molecule has 1 aromatic carbocycles. The number of hydrogen-bond donors (Lipinski definition) is 1. The van der Waals surface area contributed by atoms with Crippen LogP contribution in [-0.2, 0) is 9.53 Å². The van der Waals surface area contributed by atoms with Crippen molar-refractivity contribution in [3.8, 4) is 6.07 Å². The lowest BCUT2D eigenvalue weighted by Crippen LogP contribution is -2.08. The summed E-state index contributed by atoms with van der Waals surface area (Å²) in [6.45, 7) is 2.65. The molecule has 0 spiro atoms. The molecular formula is C13H15FN2O2. The van der Waals surface area contributed by atoms with Gasteiger partial charge < -0.3 is 10.1 Å². The normalized spacial score (nSPS) is 9.61. The molecule has 0 bridgehead atoms. The van der Waals surface area contributed by atoms with E-state index in [2.05, 4.69) is 5.32 Å². The van der Waals surface area contributed by atoms with Gasteiger partial charge in [0, 0.05) is 18.7 Å². The summed E-state index contributed by atoms with van der Waals surface area (Å²) in [4.78, 5) is 11.1. The standard InChI is InChI=1S/C13H15FN2O2/c1-2-18-13(17)4-3-5-16-12-7-10(9-15)6-11(14)8-12/h6-8,16H,2-5H2,1H3. The minimum absolute atomic E-state index is 0.240. The van der Waals surface area contributed by atoms with Crippen LogP contribution in [0.25, 0.3) is 0 Å².